The Labute approximate surface area is 240 Å². The summed E-state index contributed by atoms with van der Waals surface area (Å²) in [5.41, 5.74) is 1.39. The van der Waals surface area contributed by atoms with Crippen LogP contribution < -0.4 is 4.90 Å². The van der Waals surface area contributed by atoms with E-state index in [4.69, 9.17) is 4.74 Å². The lowest BCUT2D eigenvalue weighted by Crippen LogP contribution is -2.56. The van der Waals surface area contributed by atoms with Crippen LogP contribution in [0.1, 0.15) is 30.0 Å². The average Bonchev–Trinajstić information content (AvgIpc) is 3.22. The molecule has 6 rings (SSSR count). The summed E-state index contributed by atoms with van der Waals surface area (Å²) in [6.45, 7) is 7.04. The van der Waals surface area contributed by atoms with Crippen molar-refractivity contribution in [2.45, 2.75) is 51.0 Å². The molecule has 2 fully saturated rings. The number of carbonyl (C=O) groups excluding carboxylic acids is 3. The number of ether oxygens (including phenoxy) is 1. The standard InChI is InChI=1S/C33H37N3O5/c1-22-12-13-23(2)25(20-22)35-17-8-15-33-27(30(39)36(18-9-19-37)28(33)31(35)40)26-29(38)34(16-7-14-32(26,3)41-33)21-24-10-5-4-6-11-24/h4-8,10-15,20,26-28,37H,9,16-19,21H2,1-3H3/t26-,27+,28?,32+,33+/m1/s1. The van der Waals surface area contributed by atoms with Gasteiger partial charge >= 0.3 is 0 Å². The number of amides is 3. The number of anilines is 1. The number of rotatable bonds is 6. The Hall–Kier alpha value is -3.75. The van der Waals surface area contributed by atoms with Crippen LogP contribution in [-0.4, -0.2) is 76.1 Å². The van der Waals surface area contributed by atoms with Crippen molar-refractivity contribution in [2.24, 2.45) is 11.8 Å². The first-order chi connectivity index (χ1) is 19.7. The van der Waals surface area contributed by atoms with Crippen LogP contribution in [0.15, 0.2) is 72.8 Å². The average molecular weight is 556 g/mol. The molecule has 2 aromatic carbocycles. The number of carbonyl (C=O) groups is 3. The molecule has 214 valence electrons. The smallest absolute Gasteiger partial charge is 0.253 e. The fraction of sp³-hybridized carbons (Fsp3) is 0.424. The van der Waals surface area contributed by atoms with E-state index in [0.29, 0.717) is 26.1 Å². The molecule has 1 N–H and O–H groups in total. The van der Waals surface area contributed by atoms with Gasteiger partial charge in [-0.05, 0) is 49.9 Å². The number of benzene rings is 2. The maximum Gasteiger partial charge on any atom is 0.253 e. The summed E-state index contributed by atoms with van der Waals surface area (Å²) in [6, 6.07) is 14.8. The van der Waals surface area contributed by atoms with Crippen molar-refractivity contribution < 1.29 is 24.2 Å². The van der Waals surface area contributed by atoms with Crippen molar-refractivity contribution in [3.63, 3.8) is 0 Å². The van der Waals surface area contributed by atoms with Crippen LogP contribution in [0.5, 0.6) is 0 Å². The van der Waals surface area contributed by atoms with Crippen LogP contribution in [0, 0.1) is 25.7 Å². The van der Waals surface area contributed by atoms with E-state index in [0.717, 1.165) is 22.4 Å². The van der Waals surface area contributed by atoms with Gasteiger partial charge in [-0.2, -0.15) is 0 Å². The third-order valence-corrected chi connectivity index (χ3v) is 9.07. The van der Waals surface area contributed by atoms with Crippen LogP contribution in [0.25, 0.3) is 0 Å². The minimum atomic E-state index is -1.31. The predicted octanol–water partition coefficient (Wildman–Crippen LogP) is 3.16. The lowest BCUT2D eigenvalue weighted by atomic mass is 9.74. The molecule has 0 radical (unpaired) electrons. The number of hydrogen-bond acceptors (Lipinski definition) is 5. The molecule has 2 saturated heterocycles. The molecule has 2 aromatic rings. The Kier molecular flexibility index (Phi) is 6.86. The third-order valence-electron chi connectivity index (χ3n) is 9.07. The Bertz CT molecular complexity index is 1440. The van der Waals surface area contributed by atoms with E-state index in [9.17, 15) is 19.5 Å². The summed E-state index contributed by atoms with van der Waals surface area (Å²) >= 11 is 0. The molecule has 5 atom stereocenters. The van der Waals surface area contributed by atoms with Gasteiger partial charge in [0, 0.05) is 38.5 Å². The summed E-state index contributed by atoms with van der Waals surface area (Å²) in [5, 5.41) is 9.66. The van der Waals surface area contributed by atoms with Gasteiger partial charge in [-0.1, -0.05) is 66.8 Å². The Morgan fingerprint density at radius 3 is 2.44 bits per heavy atom. The van der Waals surface area contributed by atoms with Crippen LogP contribution in [0.2, 0.25) is 0 Å². The number of aryl methyl sites for hydroxylation is 2. The topological polar surface area (TPSA) is 90.4 Å². The number of fused-ring (bicyclic) bond motifs is 2. The highest BCUT2D eigenvalue weighted by Gasteiger charge is 2.74. The van der Waals surface area contributed by atoms with E-state index in [-0.39, 0.29) is 30.9 Å². The highest BCUT2D eigenvalue weighted by molar-refractivity contribution is 6.06. The molecule has 0 bridgehead atoms. The second kappa shape index (κ2) is 10.3. The fourth-order valence-electron chi connectivity index (χ4n) is 7.23. The monoisotopic (exact) mass is 555 g/mol. The molecule has 4 aliphatic heterocycles. The van der Waals surface area contributed by atoms with E-state index in [2.05, 4.69) is 0 Å². The van der Waals surface area contributed by atoms with Gasteiger partial charge in [0.05, 0.1) is 17.4 Å². The normalized spacial score (nSPS) is 30.8. The first-order valence-corrected chi connectivity index (χ1v) is 14.4. The molecule has 1 unspecified atom stereocenters. The van der Waals surface area contributed by atoms with Gasteiger partial charge in [0.25, 0.3) is 5.91 Å². The van der Waals surface area contributed by atoms with Crippen molar-refractivity contribution in [3.8, 4) is 0 Å². The number of aliphatic hydroxyl groups is 1. The van der Waals surface area contributed by atoms with Crippen LogP contribution in [-0.2, 0) is 25.7 Å². The molecule has 0 aromatic heterocycles. The zero-order valence-electron chi connectivity index (χ0n) is 23.8. The lowest BCUT2D eigenvalue weighted by Gasteiger charge is -2.37. The molecule has 1 spiro atoms. The summed E-state index contributed by atoms with van der Waals surface area (Å²) in [4.78, 5) is 48.3. The van der Waals surface area contributed by atoms with Crippen molar-refractivity contribution in [2.75, 3.05) is 31.1 Å². The largest absolute Gasteiger partial charge is 0.396 e. The predicted molar refractivity (Wildman–Crippen MR) is 155 cm³/mol. The highest BCUT2D eigenvalue weighted by Crippen LogP contribution is 2.57. The van der Waals surface area contributed by atoms with E-state index in [1.165, 1.54) is 0 Å². The maximum atomic E-state index is 14.5. The summed E-state index contributed by atoms with van der Waals surface area (Å²) in [6.07, 6.45) is 7.93. The first-order valence-electron chi connectivity index (χ1n) is 14.4. The molecule has 4 heterocycles. The van der Waals surface area contributed by atoms with Crippen molar-refractivity contribution >= 4 is 23.4 Å². The van der Waals surface area contributed by atoms with E-state index in [1.807, 2.05) is 93.6 Å². The van der Waals surface area contributed by atoms with Crippen LogP contribution >= 0.6 is 0 Å². The number of likely N-dealkylation sites (tertiary alicyclic amines) is 1. The Morgan fingerprint density at radius 1 is 0.927 bits per heavy atom. The molecule has 41 heavy (non-hydrogen) atoms. The van der Waals surface area contributed by atoms with Gasteiger partial charge in [-0.15, -0.1) is 0 Å². The van der Waals surface area contributed by atoms with E-state index in [1.54, 1.807) is 14.7 Å². The number of hydrogen-bond donors (Lipinski definition) is 1. The zero-order valence-corrected chi connectivity index (χ0v) is 23.8. The summed E-state index contributed by atoms with van der Waals surface area (Å²) < 4.78 is 6.89. The molecule has 3 amide bonds. The molecule has 8 heteroatoms. The van der Waals surface area contributed by atoms with Crippen LogP contribution in [0.3, 0.4) is 0 Å². The van der Waals surface area contributed by atoms with Gasteiger partial charge in [-0.3, -0.25) is 14.4 Å². The van der Waals surface area contributed by atoms with Crippen LogP contribution in [0.4, 0.5) is 5.69 Å². The quantitative estimate of drug-likeness (QED) is 0.553. The second-order valence-electron chi connectivity index (χ2n) is 11.9. The van der Waals surface area contributed by atoms with Gasteiger partial charge in [0.1, 0.15) is 11.6 Å². The summed E-state index contributed by atoms with van der Waals surface area (Å²) in [5.74, 6) is -2.35. The number of nitrogens with zero attached hydrogens (tertiary/aromatic N) is 3. The molecule has 8 nitrogen and oxygen atoms in total. The molecule has 4 aliphatic rings. The Morgan fingerprint density at radius 2 is 1.68 bits per heavy atom. The first kappa shape index (κ1) is 27.4. The van der Waals surface area contributed by atoms with Gasteiger partial charge in [0.15, 0.2) is 0 Å². The van der Waals surface area contributed by atoms with Crippen molar-refractivity contribution in [1.29, 1.82) is 0 Å². The van der Waals surface area contributed by atoms with Gasteiger partial charge in [0.2, 0.25) is 11.8 Å². The SMILES string of the molecule is Cc1ccc(C)c(N2CC=C[C@]34O[C@@]5(C)C=CCN(Cc6ccccc6)C(=O)[C@H]5[C@H]3C(=O)N(CCCO)C4C2=O)c1. The third kappa shape index (κ3) is 4.32. The second-order valence-corrected chi connectivity index (χ2v) is 11.9. The van der Waals surface area contributed by atoms with Crippen molar-refractivity contribution in [1.82, 2.24) is 9.80 Å². The maximum absolute atomic E-state index is 14.5. The van der Waals surface area contributed by atoms with Gasteiger partial charge in [-0.25, -0.2) is 0 Å². The lowest BCUT2D eigenvalue weighted by molar-refractivity contribution is -0.149. The van der Waals surface area contributed by atoms with E-state index >= 15 is 0 Å². The Balaban J connectivity index is 1.44. The fourth-order valence-corrected chi connectivity index (χ4v) is 7.23. The highest BCUT2D eigenvalue weighted by atomic mass is 16.5. The van der Waals surface area contributed by atoms with Crippen molar-refractivity contribution in [3.05, 3.63) is 89.5 Å². The molecule has 0 aliphatic carbocycles. The number of aliphatic hydroxyl groups excluding tert-OH is 1. The molecular formula is C33H37N3O5. The minimum Gasteiger partial charge on any atom is -0.396 e. The zero-order chi connectivity index (χ0) is 28.9. The minimum absolute atomic E-state index is 0.118. The summed E-state index contributed by atoms with van der Waals surface area (Å²) in [7, 11) is 0. The molecular weight excluding hydrogens is 518 g/mol. The molecule has 0 saturated carbocycles. The van der Waals surface area contributed by atoms with E-state index < -0.39 is 29.1 Å². The van der Waals surface area contributed by atoms with Gasteiger partial charge < -0.3 is 24.5 Å².